The number of carbonyl (C=O) groups excluding carboxylic acids is 1. The fourth-order valence-electron chi connectivity index (χ4n) is 4.21. The summed E-state index contributed by atoms with van der Waals surface area (Å²) >= 11 is 0. The van der Waals surface area contributed by atoms with Gasteiger partial charge < -0.3 is 10.1 Å². The molecule has 28 heavy (non-hydrogen) atoms. The lowest BCUT2D eigenvalue weighted by Gasteiger charge is -2.36. The zero-order valence-electron chi connectivity index (χ0n) is 17.5. The van der Waals surface area contributed by atoms with Crippen molar-refractivity contribution < 1.29 is 9.53 Å². The Labute approximate surface area is 169 Å². The van der Waals surface area contributed by atoms with Gasteiger partial charge in [0, 0.05) is 5.69 Å². The molecule has 1 fully saturated rings. The van der Waals surface area contributed by atoms with E-state index in [4.69, 9.17) is 4.74 Å². The summed E-state index contributed by atoms with van der Waals surface area (Å²) in [5.41, 5.74) is 3.85. The van der Waals surface area contributed by atoms with Crippen molar-refractivity contribution in [3.05, 3.63) is 59.2 Å². The smallest absolute Gasteiger partial charge is 0.235 e. The van der Waals surface area contributed by atoms with Gasteiger partial charge in [0.2, 0.25) is 5.91 Å². The first-order valence-corrected chi connectivity index (χ1v) is 10.7. The monoisotopic (exact) mass is 379 g/mol. The van der Waals surface area contributed by atoms with Gasteiger partial charge in [0.15, 0.2) is 0 Å². The van der Waals surface area contributed by atoms with E-state index in [0.717, 1.165) is 67.7 Å². The first-order chi connectivity index (χ1) is 13.5. The molecule has 3 rings (SSSR count). The van der Waals surface area contributed by atoms with E-state index in [2.05, 4.69) is 43.4 Å². The maximum Gasteiger partial charge on any atom is 0.235 e. The van der Waals surface area contributed by atoms with Crippen LogP contribution in [0.25, 0.3) is 0 Å². The Bertz CT molecular complexity index is 806. The fraction of sp³-hybridized carbons (Fsp3) is 0.480. The molecule has 0 bridgehead atoms. The van der Waals surface area contributed by atoms with E-state index in [1.807, 2.05) is 25.1 Å². The minimum atomic E-state index is -0.422. The molecule has 3 heteroatoms. The number of rotatable bonds is 7. The van der Waals surface area contributed by atoms with Gasteiger partial charge in [0.05, 0.1) is 12.0 Å². The molecule has 0 saturated heterocycles. The molecule has 2 aromatic rings. The summed E-state index contributed by atoms with van der Waals surface area (Å²) in [5, 5.41) is 3.21. The molecule has 150 valence electrons. The second-order valence-corrected chi connectivity index (χ2v) is 8.15. The Kier molecular flexibility index (Phi) is 6.77. The largest absolute Gasteiger partial charge is 0.493 e. The van der Waals surface area contributed by atoms with Gasteiger partial charge in [0.25, 0.3) is 0 Å². The van der Waals surface area contributed by atoms with Crippen LogP contribution >= 0.6 is 0 Å². The van der Waals surface area contributed by atoms with Crippen LogP contribution in [0.2, 0.25) is 0 Å². The third-order valence-corrected chi connectivity index (χ3v) is 5.90. The molecule has 1 aliphatic rings. The van der Waals surface area contributed by atoms with Gasteiger partial charge in [-0.15, -0.1) is 0 Å². The summed E-state index contributed by atoms with van der Waals surface area (Å²) < 4.78 is 5.84. The molecule has 0 heterocycles. The lowest BCUT2D eigenvalue weighted by molar-refractivity contribution is -0.122. The van der Waals surface area contributed by atoms with Crippen molar-refractivity contribution in [1.29, 1.82) is 0 Å². The number of hydrogen-bond donors (Lipinski definition) is 1. The molecule has 0 spiro atoms. The number of benzene rings is 2. The van der Waals surface area contributed by atoms with Gasteiger partial charge >= 0.3 is 0 Å². The van der Waals surface area contributed by atoms with Crippen molar-refractivity contribution in [3.8, 4) is 5.75 Å². The highest BCUT2D eigenvalue weighted by Gasteiger charge is 2.41. The second kappa shape index (κ2) is 9.27. The van der Waals surface area contributed by atoms with Crippen LogP contribution in [-0.4, -0.2) is 12.5 Å². The lowest BCUT2D eigenvalue weighted by atomic mass is 9.68. The number of ether oxygens (including phenoxy) is 1. The highest BCUT2D eigenvalue weighted by Crippen LogP contribution is 2.41. The topological polar surface area (TPSA) is 38.3 Å². The van der Waals surface area contributed by atoms with Crippen LogP contribution in [0.3, 0.4) is 0 Å². The van der Waals surface area contributed by atoms with Gasteiger partial charge in [-0.2, -0.15) is 0 Å². The van der Waals surface area contributed by atoms with Crippen LogP contribution in [0.5, 0.6) is 5.75 Å². The highest BCUT2D eigenvalue weighted by atomic mass is 16.5. The van der Waals surface area contributed by atoms with Gasteiger partial charge in [-0.25, -0.2) is 0 Å². The van der Waals surface area contributed by atoms with Crippen molar-refractivity contribution >= 4 is 11.6 Å². The highest BCUT2D eigenvalue weighted by molar-refractivity contribution is 5.99. The molecule has 0 unspecified atom stereocenters. The third kappa shape index (κ3) is 4.57. The molecular weight excluding hydrogens is 346 g/mol. The first-order valence-electron chi connectivity index (χ1n) is 10.7. The summed E-state index contributed by atoms with van der Waals surface area (Å²) in [4.78, 5) is 13.5. The number of unbranched alkanes of at least 4 members (excludes halogenated alkanes) is 1. The van der Waals surface area contributed by atoms with E-state index in [-0.39, 0.29) is 5.91 Å². The van der Waals surface area contributed by atoms with E-state index in [1.165, 1.54) is 12.0 Å². The van der Waals surface area contributed by atoms with Crippen molar-refractivity contribution in [2.24, 2.45) is 0 Å². The molecule has 0 radical (unpaired) electrons. The molecule has 1 saturated carbocycles. The van der Waals surface area contributed by atoms with Crippen molar-refractivity contribution in [2.75, 3.05) is 11.9 Å². The van der Waals surface area contributed by atoms with Gasteiger partial charge in [-0.1, -0.05) is 62.4 Å². The van der Waals surface area contributed by atoms with E-state index in [0.29, 0.717) is 0 Å². The number of carbonyl (C=O) groups is 1. The van der Waals surface area contributed by atoms with E-state index in [1.54, 1.807) is 0 Å². The number of aryl methyl sites for hydroxylation is 2. The van der Waals surface area contributed by atoms with Crippen molar-refractivity contribution in [3.63, 3.8) is 0 Å². The van der Waals surface area contributed by atoms with E-state index >= 15 is 0 Å². The summed E-state index contributed by atoms with van der Waals surface area (Å²) in [6.45, 7) is 7.02. The van der Waals surface area contributed by atoms with Gasteiger partial charge in [0.1, 0.15) is 5.75 Å². The third-order valence-electron chi connectivity index (χ3n) is 5.90. The van der Waals surface area contributed by atoms with Crippen LogP contribution in [0.1, 0.15) is 68.6 Å². The maximum absolute atomic E-state index is 13.5. The Morgan fingerprint density at radius 1 is 1.07 bits per heavy atom. The first kappa shape index (κ1) is 20.4. The second-order valence-electron chi connectivity index (χ2n) is 8.15. The maximum atomic E-state index is 13.5. The van der Waals surface area contributed by atoms with Crippen molar-refractivity contribution in [2.45, 2.75) is 71.1 Å². The molecule has 1 amide bonds. The molecule has 0 aromatic heterocycles. The minimum Gasteiger partial charge on any atom is -0.493 e. The zero-order valence-corrected chi connectivity index (χ0v) is 17.5. The predicted molar refractivity (Wildman–Crippen MR) is 116 cm³/mol. The molecule has 1 aliphatic carbocycles. The Morgan fingerprint density at radius 2 is 1.86 bits per heavy atom. The van der Waals surface area contributed by atoms with Crippen LogP contribution in [-0.2, 0) is 10.2 Å². The average molecular weight is 380 g/mol. The molecule has 3 nitrogen and oxygen atoms in total. The standard InChI is InChI=1S/C25H33NO2/c1-4-5-16-28-23-13-12-22(18-20(23)3)26-24(27)25(14-7-6-8-15-25)21-11-9-10-19(2)17-21/h9-13,17-18H,4-8,14-16H2,1-3H3,(H,26,27). The Morgan fingerprint density at radius 3 is 2.54 bits per heavy atom. The summed E-state index contributed by atoms with van der Waals surface area (Å²) in [6.07, 6.45) is 7.42. The molecule has 2 aromatic carbocycles. The fourth-order valence-corrected chi connectivity index (χ4v) is 4.21. The SMILES string of the molecule is CCCCOc1ccc(NC(=O)C2(c3cccc(C)c3)CCCCC2)cc1C. The zero-order chi connectivity index (χ0) is 20.0. The Balaban J connectivity index is 1.80. The van der Waals surface area contributed by atoms with Gasteiger partial charge in [-0.3, -0.25) is 4.79 Å². The van der Waals surface area contributed by atoms with E-state index in [9.17, 15) is 4.79 Å². The van der Waals surface area contributed by atoms with E-state index < -0.39 is 5.41 Å². The molecular formula is C25H33NO2. The van der Waals surface area contributed by atoms with Crippen LogP contribution < -0.4 is 10.1 Å². The number of hydrogen-bond acceptors (Lipinski definition) is 2. The quantitative estimate of drug-likeness (QED) is 0.571. The molecule has 1 N–H and O–H groups in total. The minimum absolute atomic E-state index is 0.122. The van der Waals surface area contributed by atoms with Crippen LogP contribution in [0.15, 0.2) is 42.5 Å². The predicted octanol–water partition coefficient (Wildman–Crippen LogP) is 6.32. The number of anilines is 1. The Hall–Kier alpha value is -2.29. The molecule has 0 atom stereocenters. The van der Waals surface area contributed by atoms with Gasteiger partial charge in [-0.05, 0) is 62.4 Å². The van der Waals surface area contributed by atoms with Crippen LogP contribution in [0.4, 0.5) is 5.69 Å². The summed E-state index contributed by atoms with van der Waals surface area (Å²) in [6, 6.07) is 14.4. The summed E-state index contributed by atoms with van der Waals surface area (Å²) in [5.74, 6) is 1.02. The number of amides is 1. The normalized spacial score (nSPS) is 15.8. The molecule has 0 aliphatic heterocycles. The number of nitrogens with one attached hydrogen (secondary N) is 1. The van der Waals surface area contributed by atoms with Crippen LogP contribution in [0, 0.1) is 13.8 Å². The average Bonchev–Trinajstić information content (AvgIpc) is 2.70. The van der Waals surface area contributed by atoms with Crippen molar-refractivity contribution in [1.82, 2.24) is 0 Å². The summed E-state index contributed by atoms with van der Waals surface area (Å²) in [7, 11) is 0. The lowest BCUT2D eigenvalue weighted by Crippen LogP contribution is -2.42.